The van der Waals surface area contributed by atoms with Crippen LogP contribution in [0.4, 0.5) is 10.2 Å². The maximum atomic E-state index is 13.6. The second kappa shape index (κ2) is 5.78. The third-order valence-electron chi connectivity index (χ3n) is 3.45. The zero-order valence-electron chi connectivity index (χ0n) is 12.1. The molecule has 0 spiro atoms. The van der Waals surface area contributed by atoms with Gasteiger partial charge in [0, 0.05) is 0 Å². The predicted octanol–water partition coefficient (Wildman–Crippen LogP) is 2.14. The minimum Gasteiger partial charge on any atom is -0.422 e. The Bertz CT molecular complexity index is 861. The van der Waals surface area contributed by atoms with Crippen molar-refractivity contribution in [3.8, 4) is 11.9 Å². The summed E-state index contributed by atoms with van der Waals surface area (Å²) in [4.78, 5) is 8.42. The second-order valence-corrected chi connectivity index (χ2v) is 5.57. The van der Waals surface area contributed by atoms with Crippen LogP contribution in [0.25, 0.3) is 0 Å². The molecule has 1 aromatic carbocycles. The molecule has 116 valence electrons. The number of nitrogen functional groups attached to an aromatic ring is 1. The topological polar surface area (TPSA) is 111 Å². The molecule has 23 heavy (non-hydrogen) atoms. The molecule has 8 heteroatoms. The predicted molar refractivity (Wildman–Crippen MR) is 83.9 cm³/mol. The summed E-state index contributed by atoms with van der Waals surface area (Å²) in [6.07, 6.45) is 1.80. The van der Waals surface area contributed by atoms with Crippen LogP contribution in [0.2, 0.25) is 0 Å². The van der Waals surface area contributed by atoms with Crippen molar-refractivity contribution in [2.24, 2.45) is 5.73 Å². The van der Waals surface area contributed by atoms with E-state index in [0.29, 0.717) is 16.3 Å². The molecular weight excluding hydrogens is 317 g/mol. The van der Waals surface area contributed by atoms with Crippen molar-refractivity contribution in [3.63, 3.8) is 0 Å². The summed E-state index contributed by atoms with van der Waals surface area (Å²) in [5.74, 6) is -0.803. The zero-order valence-corrected chi connectivity index (χ0v) is 12.9. The minimum absolute atomic E-state index is 0.0700. The Morgan fingerprint density at radius 1 is 1.35 bits per heavy atom. The molecule has 0 aliphatic carbocycles. The SMILES string of the molecule is CSc1nc(N)c2c(n1)OC(N)=C(C#N)C2c1cccc(F)c1. The van der Waals surface area contributed by atoms with Gasteiger partial charge in [0.1, 0.15) is 23.3 Å². The quantitative estimate of drug-likeness (QED) is 0.641. The van der Waals surface area contributed by atoms with Crippen molar-refractivity contribution in [2.75, 3.05) is 12.0 Å². The van der Waals surface area contributed by atoms with Crippen molar-refractivity contribution >= 4 is 17.6 Å². The molecular formula is C15H12FN5OS. The number of aromatic nitrogens is 2. The number of halogens is 1. The zero-order chi connectivity index (χ0) is 16.6. The van der Waals surface area contributed by atoms with Gasteiger partial charge >= 0.3 is 0 Å². The number of nitriles is 1. The van der Waals surface area contributed by atoms with E-state index in [1.807, 2.05) is 6.07 Å². The molecule has 0 fully saturated rings. The molecule has 0 radical (unpaired) electrons. The molecule has 0 amide bonds. The summed E-state index contributed by atoms with van der Waals surface area (Å²) < 4.78 is 19.1. The lowest BCUT2D eigenvalue weighted by Crippen LogP contribution is -2.23. The van der Waals surface area contributed by atoms with Crippen molar-refractivity contribution in [2.45, 2.75) is 11.1 Å². The Kier molecular flexibility index (Phi) is 3.80. The van der Waals surface area contributed by atoms with E-state index in [0.717, 1.165) is 0 Å². The lowest BCUT2D eigenvalue weighted by Gasteiger charge is -2.26. The van der Waals surface area contributed by atoms with E-state index in [2.05, 4.69) is 9.97 Å². The Balaban J connectivity index is 2.27. The van der Waals surface area contributed by atoms with Crippen LogP contribution in [-0.4, -0.2) is 16.2 Å². The summed E-state index contributed by atoms with van der Waals surface area (Å²) in [5.41, 5.74) is 13.0. The standard InChI is InChI=1S/C15H12FN5OS/c1-23-15-20-12(18)11-10(7-3-2-4-8(16)5-7)9(6-17)13(19)22-14(11)21-15/h2-5,10H,19H2,1H3,(H2,18,20,21). The van der Waals surface area contributed by atoms with Crippen LogP contribution in [0.5, 0.6) is 5.88 Å². The first kappa shape index (κ1) is 15.1. The first-order chi connectivity index (χ1) is 11.0. The molecule has 0 saturated carbocycles. The summed E-state index contributed by atoms with van der Waals surface area (Å²) in [6.45, 7) is 0. The number of benzene rings is 1. The number of nitrogens with zero attached hydrogens (tertiary/aromatic N) is 3. The Labute approximate surface area is 136 Å². The number of rotatable bonds is 2. The van der Waals surface area contributed by atoms with E-state index in [1.165, 1.54) is 23.9 Å². The molecule has 1 aliphatic heterocycles. The smallest absolute Gasteiger partial charge is 0.231 e. The van der Waals surface area contributed by atoms with E-state index >= 15 is 0 Å². The average Bonchev–Trinajstić information content (AvgIpc) is 2.53. The van der Waals surface area contributed by atoms with Crippen molar-refractivity contribution in [3.05, 3.63) is 52.7 Å². The lowest BCUT2D eigenvalue weighted by molar-refractivity contribution is 0.372. The van der Waals surface area contributed by atoms with Crippen LogP contribution < -0.4 is 16.2 Å². The van der Waals surface area contributed by atoms with Crippen LogP contribution in [-0.2, 0) is 0 Å². The van der Waals surface area contributed by atoms with Gasteiger partial charge in [0.15, 0.2) is 5.16 Å². The molecule has 0 bridgehead atoms. The van der Waals surface area contributed by atoms with E-state index in [-0.39, 0.29) is 23.2 Å². The van der Waals surface area contributed by atoms with Gasteiger partial charge in [-0.1, -0.05) is 23.9 Å². The maximum Gasteiger partial charge on any atom is 0.231 e. The van der Waals surface area contributed by atoms with E-state index in [4.69, 9.17) is 16.2 Å². The molecule has 1 aliphatic rings. The third kappa shape index (κ3) is 2.55. The Morgan fingerprint density at radius 3 is 2.78 bits per heavy atom. The summed E-state index contributed by atoms with van der Waals surface area (Å²) in [5, 5.41) is 9.86. The highest BCUT2D eigenvalue weighted by Gasteiger charge is 2.34. The highest BCUT2D eigenvalue weighted by molar-refractivity contribution is 7.98. The fourth-order valence-electron chi connectivity index (χ4n) is 2.47. The second-order valence-electron chi connectivity index (χ2n) is 4.79. The normalized spacial score (nSPS) is 16.5. The van der Waals surface area contributed by atoms with Gasteiger partial charge in [0.05, 0.1) is 11.5 Å². The minimum atomic E-state index is -0.671. The molecule has 1 unspecified atom stereocenters. The van der Waals surface area contributed by atoms with E-state index in [9.17, 15) is 9.65 Å². The first-order valence-electron chi connectivity index (χ1n) is 6.59. The van der Waals surface area contributed by atoms with E-state index in [1.54, 1.807) is 18.4 Å². The van der Waals surface area contributed by atoms with Gasteiger partial charge in [0.2, 0.25) is 11.8 Å². The fraction of sp³-hybridized carbons (Fsp3) is 0.133. The molecule has 6 nitrogen and oxygen atoms in total. The average molecular weight is 329 g/mol. The van der Waals surface area contributed by atoms with Crippen LogP contribution >= 0.6 is 11.8 Å². The van der Waals surface area contributed by atoms with Gasteiger partial charge in [-0.05, 0) is 24.0 Å². The van der Waals surface area contributed by atoms with E-state index < -0.39 is 11.7 Å². The van der Waals surface area contributed by atoms with Crippen LogP contribution in [0.1, 0.15) is 17.0 Å². The van der Waals surface area contributed by atoms with Crippen LogP contribution in [0.3, 0.4) is 0 Å². The Hall–Kier alpha value is -2.79. The highest BCUT2D eigenvalue weighted by atomic mass is 32.2. The molecule has 1 atom stereocenters. The molecule has 2 aromatic rings. The lowest BCUT2D eigenvalue weighted by atomic mass is 9.84. The molecule has 4 N–H and O–H groups in total. The van der Waals surface area contributed by atoms with Gasteiger partial charge in [-0.25, -0.2) is 9.37 Å². The van der Waals surface area contributed by atoms with Gasteiger partial charge in [0.25, 0.3) is 0 Å². The number of ether oxygens (including phenoxy) is 1. The Morgan fingerprint density at radius 2 is 2.13 bits per heavy atom. The van der Waals surface area contributed by atoms with Crippen molar-refractivity contribution in [1.29, 1.82) is 5.26 Å². The summed E-state index contributed by atoms with van der Waals surface area (Å²) in [6, 6.07) is 7.90. The fourth-order valence-corrected chi connectivity index (χ4v) is 2.83. The maximum absolute atomic E-state index is 13.6. The van der Waals surface area contributed by atoms with Gasteiger partial charge in [-0.2, -0.15) is 10.2 Å². The highest BCUT2D eigenvalue weighted by Crippen LogP contribution is 2.43. The van der Waals surface area contributed by atoms with Gasteiger partial charge in [-0.15, -0.1) is 0 Å². The number of thioether (sulfide) groups is 1. The van der Waals surface area contributed by atoms with Crippen LogP contribution in [0, 0.1) is 17.1 Å². The number of hydrogen-bond acceptors (Lipinski definition) is 7. The monoisotopic (exact) mass is 329 g/mol. The molecule has 1 aromatic heterocycles. The third-order valence-corrected chi connectivity index (χ3v) is 4.00. The molecule has 2 heterocycles. The molecule has 0 saturated heterocycles. The van der Waals surface area contributed by atoms with Crippen molar-refractivity contribution in [1.82, 2.24) is 9.97 Å². The number of allylic oxidation sites excluding steroid dienone is 1. The van der Waals surface area contributed by atoms with Gasteiger partial charge < -0.3 is 16.2 Å². The number of anilines is 1. The summed E-state index contributed by atoms with van der Waals surface area (Å²) >= 11 is 1.30. The number of nitrogens with two attached hydrogens (primary N) is 2. The van der Waals surface area contributed by atoms with Crippen molar-refractivity contribution < 1.29 is 9.13 Å². The number of fused-ring (bicyclic) bond motifs is 1. The van der Waals surface area contributed by atoms with Crippen LogP contribution in [0.15, 0.2) is 40.9 Å². The molecule has 3 rings (SSSR count). The van der Waals surface area contributed by atoms with Gasteiger partial charge in [-0.3, -0.25) is 0 Å². The largest absolute Gasteiger partial charge is 0.422 e. The summed E-state index contributed by atoms with van der Waals surface area (Å²) in [7, 11) is 0. The first-order valence-corrected chi connectivity index (χ1v) is 7.82. The number of hydrogen-bond donors (Lipinski definition) is 2.